The molecule has 1 amide bonds. The van der Waals surface area contributed by atoms with Crippen molar-refractivity contribution in [2.24, 2.45) is 5.73 Å². The number of carbonyl (C=O) groups is 1. The van der Waals surface area contributed by atoms with Crippen molar-refractivity contribution in [3.63, 3.8) is 0 Å². The van der Waals surface area contributed by atoms with Gasteiger partial charge in [-0.2, -0.15) is 0 Å². The van der Waals surface area contributed by atoms with Gasteiger partial charge in [-0.25, -0.2) is 4.98 Å². The molecule has 2 heterocycles. The van der Waals surface area contributed by atoms with Crippen molar-refractivity contribution in [1.82, 2.24) is 14.9 Å². The second-order valence-corrected chi connectivity index (χ2v) is 6.95. The highest BCUT2D eigenvalue weighted by Gasteiger charge is 2.34. The maximum atomic E-state index is 12.7. The summed E-state index contributed by atoms with van der Waals surface area (Å²) in [5.41, 5.74) is 8.36. The van der Waals surface area contributed by atoms with Crippen LogP contribution in [0.15, 0.2) is 17.6 Å². The highest BCUT2D eigenvalue weighted by molar-refractivity contribution is 7.12. The third-order valence-electron chi connectivity index (χ3n) is 4.62. The molecule has 0 spiro atoms. The van der Waals surface area contributed by atoms with Gasteiger partial charge in [0, 0.05) is 29.5 Å². The summed E-state index contributed by atoms with van der Waals surface area (Å²) in [6.07, 6.45) is 5.99. The van der Waals surface area contributed by atoms with E-state index >= 15 is 0 Å². The highest BCUT2D eigenvalue weighted by atomic mass is 32.1. The Morgan fingerprint density at radius 1 is 1.45 bits per heavy atom. The largest absolute Gasteiger partial charge is 0.345 e. The number of nitrogens with one attached hydrogen (secondary N) is 1. The van der Waals surface area contributed by atoms with E-state index in [-0.39, 0.29) is 11.4 Å². The average molecular weight is 318 g/mol. The number of carbonyl (C=O) groups excluding carboxylic acids is 1. The summed E-state index contributed by atoms with van der Waals surface area (Å²) in [6.45, 7) is 4.47. The Kier molecular flexibility index (Phi) is 4.06. The van der Waals surface area contributed by atoms with Crippen LogP contribution in [0.4, 0.5) is 0 Å². The first kappa shape index (κ1) is 15.2. The van der Waals surface area contributed by atoms with Crippen LogP contribution in [-0.4, -0.2) is 27.5 Å². The second-order valence-electron chi connectivity index (χ2n) is 6.08. The van der Waals surface area contributed by atoms with E-state index in [2.05, 4.69) is 10.3 Å². The van der Waals surface area contributed by atoms with E-state index in [1.54, 1.807) is 17.5 Å². The first-order valence-corrected chi connectivity index (χ1v) is 8.56. The van der Waals surface area contributed by atoms with Gasteiger partial charge in [-0.1, -0.05) is 12.8 Å². The highest BCUT2D eigenvalue weighted by Crippen LogP contribution is 2.30. The number of aryl methyl sites for hydroxylation is 1. The van der Waals surface area contributed by atoms with Gasteiger partial charge in [-0.05, 0) is 32.8 Å². The molecule has 3 N–H and O–H groups in total. The predicted molar refractivity (Wildman–Crippen MR) is 88.6 cm³/mol. The van der Waals surface area contributed by atoms with Crippen LogP contribution >= 0.6 is 11.3 Å². The molecule has 5 nitrogen and oxygen atoms in total. The summed E-state index contributed by atoms with van der Waals surface area (Å²) < 4.78 is 2.03. The Bertz CT molecular complexity index is 669. The Balaban J connectivity index is 1.89. The van der Waals surface area contributed by atoms with E-state index in [1.165, 1.54) is 0 Å². The first-order chi connectivity index (χ1) is 10.6. The predicted octanol–water partition coefficient (Wildman–Crippen LogP) is 2.55. The van der Waals surface area contributed by atoms with E-state index in [9.17, 15) is 4.79 Å². The lowest BCUT2D eigenvalue weighted by molar-refractivity contribution is 0.0902. The SMILES string of the molecule is Cc1cc(C(=O)NC2(CN)CCCC2)c(C)n1-c1nccs1. The van der Waals surface area contributed by atoms with Gasteiger partial charge in [0.25, 0.3) is 5.91 Å². The quantitative estimate of drug-likeness (QED) is 0.910. The Hall–Kier alpha value is -1.66. The standard InChI is InChI=1S/C16H22N4OS/c1-11-9-13(12(2)20(11)15-18-7-8-22-15)14(21)19-16(10-17)5-3-4-6-16/h7-9H,3-6,10,17H2,1-2H3,(H,19,21). The molecule has 118 valence electrons. The summed E-state index contributed by atoms with van der Waals surface area (Å²) in [4.78, 5) is 17.1. The number of hydrogen-bond donors (Lipinski definition) is 2. The van der Waals surface area contributed by atoms with Gasteiger partial charge in [0.2, 0.25) is 0 Å². The minimum atomic E-state index is -0.222. The molecule has 1 fully saturated rings. The van der Waals surface area contributed by atoms with Gasteiger partial charge in [-0.3, -0.25) is 9.36 Å². The summed E-state index contributed by atoms with van der Waals surface area (Å²) in [6, 6.07) is 1.94. The van der Waals surface area contributed by atoms with E-state index < -0.39 is 0 Å². The lowest BCUT2D eigenvalue weighted by atomic mass is 9.97. The number of nitrogens with zero attached hydrogens (tertiary/aromatic N) is 2. The van der Waals surface area contributed by atoms with Gasteiger partial charge in [0.15, 0.2) is 5.13 Å². The molecule has 0 bridgehead atoms. The van der Waals surface area contributed by atoms with Crippen molar-refractivity contribution in [3.8, 4) is 5.13 Å². The summed E-state index contributed by atoms with van der Waals surface area (Å²) >= 11 is 1.57. The van der Waals surface area contributed by atoms with Gasteiger partial charge in [-0.15, -0.1) is 11.3 Å². The topological polar surface area (TPSA) is 72.9 Å². The van der Waals surface area contributed by atoms with Crippen molar-refractivity contribution in [2.45, 2.75) is 45.1 Å². The van der Waals surface area contributed by atoms with Crippen LogP contribution in [0.25, 0.3) is 5.13 Å². The number of hydrogen-bond acceptors (Lipinski definition) is 4. The fourth-order valence-corrected chi connectivity index (χ4v) is 4.10. The summed E-state index contributed by atoms with van der Waals surface area (Å²) in [7, 11) is 0. The molecule has 1 aliphatic rings. The third-order valence-corrected chi connectivity index (χ3v) is 5.37. The molecule has 0 radical (unpaired) electrons. The fraction of sp³-hybridized carbons (Fsp3) is 0.500. The Labute approximate surface area is 134 Å². The molecule has 0 aromatic carbocycles. The minimum absolute atomic E-state index is 0.0248. The number of thiazole rings is 1. The zero-order chi connectivity index (χ0) is 15.7. The zero-order valence-corrected chi connectivity index (χ0v) is 13.9. The van der Waals surface area contributed by atoms with Crippen LogP contribution in [0.3, 0.4) is 0 Å². The van der Waals surface area contributed by atoms with Crippen LogP contribution in [0.2, 0.25) is 0 Å². The van der Waals surface area contributed by atoms with Crippen molar-refractivity contribution >= 4 is 17.2 Å². The van der Waals surface area contributed by atoms with E-state index in [1.807, 2.05) is 29.9 Å². The molecular formula is C16H22N4OS. The summed E-state index contributed by atoms with van der Waals surface area (Å²) in [5, 5.41) is 6.02. The molecule has 22 heavy (non-hydrogen) atoms. The van der Waals surface area contributed by atoms with Crippen molar-refractivity contribution < 1.29 is 4.79 Å². The molecular weight excluding hydrogens is 296 g/mol. The molecule has 1 saturated carbocycles. The maximum Gasteiger partial charge on any atom is 0.253 e. The fourth-order valence-electron chi connectivity index (χ4n) is 3.35. The molecule has 6 heteroatoms. The maximum absolute atomic E-state index is 12.7. The minimum Gasteiger partial charge on any atom is -0.345 e. The second kappa shape index (κ2) is 5.85. The zero-order valence-electron chi connectivity index (χ0n) is 13.1. The molecule has 0 atom stereocenters. The van der Waals surface area contributed by atoms with E-state index in [0.29, 0.717) is 12.1 Å². The molecule has 2 aromatic rings. The van der Waals surface area contributed by atoms with E-state index in [4.69, 9.17) is 5.73 Å². The number of aromatic nitrogens is 2. The van der Waals surface area contributed by atoms with Crippen LogP contribution in [0.1, 0.15) is 47.4 Å². The summed E-state index contributed by atoms with van der Waals surface area (Å²) in [5.74, 6) is -0.0248. The monoisotopic (exact) mass is 318 g/mol. The normalized spacial score (nSPS) is 16.9. The van der Waals surface area contributed by atoms with Crippen LogP contribution < -0.4 is 11.1 Å². The molecule has 0 unspecified atom stereocenters. The van der Waals surface area contributed by atoms with Gasteiger partial charge < -0.3 is 11.1 Å². The molecule has 0 aliphatic heterocycles. The van der Waals surface area contributed by atoms with Gasteiger partial charge in [0.05, 0.1) is 11.1 Å². The molecule has 1 aliphatic carbocycles. The van der Waals surface area contributed by atoms with Crippen LogP contribution in [0, 0.1) is 13.8 Å². The third kappa shape index (κ3) is 2.57. The Morgan fingerprint density at radius 2 is 2.18 bits per heavy atom. The molecule has 2 aromatic heterocycles. The van der Waals surface area contributed by atoms with Crippen LogP contribution in [-0.2, 0) is 0 Å². The van der Waals surface area contributed by atoms with Crippen molar-refractivity contribution in [2.75, 3.05) is 6.54 Å². The van der Waals surface area contributed by atoms with E-state index in [0.717, 1.165) is 42.2 Å². The Morgan fingerprint density at radius 3 is 2.77 bits per heavy atom. The smallest absolute Gasteiger partial charge is 0.253 e. The lowest BCUT2D eigenvalue weighted by Crippen LogP contribution is -2.51. The average Bonchev–Trinajstić information content (AvgIpc) is 3.20. The lowest BCUT2D eigenvalue weighted by Gasteiger charge is -2.28. The van der Waals surface area contributed by atoms with Gasteiger partial charge in [0.1, 0.15) is 0 Å². The first-order valence-electron chi connectivity index (χ1n) is 7.68. The number of amides is 1. The van der Waals surface area contributed by atoms with Gasteiger partial charge >= 0.3 is 0 Å². The number of nitrogens with two attached hydrogens (primary N) is 1. The van der Waals surface area contributed by atoms with Crippen molar-refractivity contribution in [3.05, 3.63) is 34.6 Å². The van der Waals surface area contributed by atoms with Crippen molar-refractivity contribution in [1.29, 1.82) is 0 Å². The molecule has 0 saturated heterocycles. The number of rotatable bonds is 4. The molecule has 3 rings (SSSR count). The van der Waals surface area contributed by atoms with Crippen LogP contribution in [0.5, 0.6) is 0 Å².